The summed E-state index contributed by atoms with van der Waals surface area (Å²) in [5.74, 6) is 0.811. The molecule has 0 atom stereocenters. The van der Waals surface area contributed by atoms with Crippen LogP contribution in [-0.2, 0) is 4.79 Å². The fourth-order valence-electron chi connectivity index (χ4n) is 2.48. The number of rotatable bonds is 3. The van der Waals surface area contributed by atoms with Crippen LogP contribution in [0.3, 0.4) is 0 Å². The van der Waals surface area contributed by atoms with Crippen molar-refractivity contribution in [1.29, 1.82) is 0 Å². The summed E-state index contributed by atoms with van der Waals surface area (Å²) in [7, 11) is 0. The zero-order valence-electron chi connectivity index (χ0n) is 13.3. The summed E-state index contributed by atoms with van der Waals surface area (Å²) in [6.07, 6.45) is 4.65. The molecule has 0 unspecified atom stereocenters. The molecule has 8 heteroatoms. The van der Waals surface area contributed by atoms with Gasteiger partial charge >= 0.3 is 0 Å². The van der Waals surface area contributed by atoms with Gasteiger partial charge in [0.2, 0.25) is 5.91 Å². The van der Waals surface area contributed by atoms with Gasteiger partial charge in [-0.1, -0.05) is 6.07 Å². The fourth-order valence-corrected chi connectivity index (χ4v) is 2.48. The molecule has 2 aromatic rings. The number of nitrogens with zero attached hydrogens (tertiary/aromatic N) is 5. The number of hydrogen-bond acceptors (Lipinski definition) is 6. The van der Waals surface area contributed by atoms with Crippen LogP contribution in [0.25, 0.3) is 0 Å². The van der Waals surface area contributed by atoms with Crippen molar-refractivity contribution in [3.63, 3.8) is 0 Å². The van der Waals surface area contributed by atoms with Gasteiger partial charge in [-0.2, -0.15) is 0 Å². The summed E-state index contributed by atoms with van der Waals surface area (Å²) in [6, 6.07) is 5.27. The van der Waals surface area contributed by atoms with Gasteiger partial charge in [-0.3, -0.25) is 14.6 Å². The second-order valence-electron chi connectivity index (χ2n) is 5.42. The largest absolute Gasteiger partial charge is 0.352 e. The lowest BCUT2D eigenvalue weighted by atomic mass is 10.3. The van der Waals surface area contributed by atoms with Crippen LogP contribution in [0, 0.1) is 0 Å². The first-order chi connectivity index (χ1) is 11.6. The molecule has 0 bridgehead atoms. The Morgan fingerprint density at radius 1 is 1.12 bits per heavy atom. The molecule has 0 radical (unpaired) electrons. The highest BCUT2D eigenvalue weighted by Gasteiger charge is 2.20. The smallest absolute Gasteiger partial charge is 0.277 e. The molecule has 2 amide bonds. The predicted molar refractivity (Wildman–Crippen MR) is 88.7 cm³/mol. The lowest BCUT2D eigenvalue weighted by molar-refractivity contribution is -0.129. The van der Waals surface area contributed by atoms with Crippen molar-refractivity contribution in [2.45, 2.75) is 6.92 Å². The molecule has 1 N–H and O–H groups in total. The molecule has 1 aliphatic heterocycles. The molecule has 0 aliphatic carbocycles. The number of hydrogen-bond donors (Lipinski definition) is 1. The van der Waals surface area contributed by atoms with E-state index in [9.17, 15) is 9.59 Å². The van der Waals surface area contributed by atoms with Crippen LogP contribution >= 0.6 is 0 Å². The molecule has 0 saturated carbocycles. The van der Waals surface area contributed by atoms with Crippen LogP contribution in [0.1, 0.15) is 17.4 Å². The van der Waals surface area contributed by atoms with Crippen LogP contribution < -0.4 is 10.2 Å². The zero-order chi connectivity index (χ0) is 16.9. The molecule has 1 fully saturated rings. The van der Waals surface area contributed by atoms with E-state index in [0.717, 1.165) is 0 Å². The van der Waals surface area contributed by atoms with E-state index in [0.29, 0.717) is 37.8 Å². The van der Waals surface area contributed by atoms with Crippen LogP contribution in [0.15, 0.2) is 36.8 Å². The topological polar surface area (TPSA) is 91.3 Å². The van der Waals surface area contributed by atoms with Crippen molar-refractivity contribution < 1.29 is 9.59 Å². The molecular formula is C16H18N6O2. The maximum atomic E-state index is 12.3. The van der Waals surface area contributed by atoms with E-state index in [-0.39, 0.29) is 17.5 Å². The van der Waals surface area contributed by atoms with E-state index in [1.165, 1.54) is 6.20 Å². The summed E-state index contributed by atoms with van der Waals surface area (Å²) >= 11 is 0. The summed E-state index contributed by atoms with van der Waals surface area (Å²) < 4.78 is 0. The minimum absolute atomic E-state index is 0.0734. The standard InChI is InChI=1S/C16H18N6O2/c1-12(23)21-6-8-22(9-7-21)15-11-17-10-13(19-15)16(24)20-14-4-2-3-5-18-14/h2-5,10-11H,6-9H2,1H3,(H,18,20,24). The number of nitrogens with one attached hydrogen (secondary N) is 1. The Kier molecular flexibility index (Phi) is 4.64. The Bertz CT molecular complexity index is 728. The van der Waals surface area contributed by atoms with Gasteiger partial charge in [0.05, 0.1) is 12.4 Å². The van der Waals surface area contributed by atoms with Crippen LogP contribution in [0.2, 0.25) is 0 Å². The quantitative estimate of drug-likeness (QED) is 0.897. The van der Waals surface area contributed by atoms with Gasteiger partial charge in [0.1, 0.15) is 17.3 Å². The molecule has 24 heavy (non-hydrogen) atoms. The van der Waals surface area contributed by atoms with Crippen molar-refractivity contribution >= 4 is 23.5 Å². The SMILES string of the molecule is CC(=O)N1CCN(c2cncc(C(=O)Nc3ccccn3)n2)CC1. The Morgan fingerprint density at radius 2 is 1.92 bits per heavy atom. The van der Waals surface area contributed by atoms with Crippen molar-refractivity contribution in [3.05, 3.63) is 42.5 Å². The highest BCUT2D eigenvalue weighted by atomic mass is 16.2. The van der Waals surface area contributed by atoms with Gasteiger partial charge in [0.25, 0.3) is 5.91 Å². The number of piperazine rings is 1. The number of pyridine rings is 1. The first kappa shape index (κ1) is 15.9. The fraction of sp³-hybridized carbons (Fsp3) is 0.312. The molecule has 1 saturated heterocycles. The van der Waals surface area contributed by atoms with Crippen molar-refractivity contribution in [1.82, 2.24) is 19.9 Å². The van der Waals surface area contributed by atoms with E-state index in [2.05, 4.69) is 20.3 Å². The van der Waals surface area contributed by atoms with Gasteiger partial charge in [0.15, 0.2) is 0 Å². The second-order valence-corrected chi connectivity index (χ2v) is 5.42. The van der Waals surface area contributed by atoms with Crippen LogP contribution in [0.5, 0.6) is 0 Å². The molecule has 3 heterocycles. The van der Waals surface area contributed by atoms with Crippen LogP contribution in [0.4, 0.5) is 11.6 Å². The predicted octanol–water partition coefficient (Wildman–Crippen LogP) is 0.792. The summed E-state index contributed by atoms with van der Waals surface area (Å²) in [5.41, 5.74) is 0.229. The number of carbonyl (C=O) groups is 2. The molecule has 8 nitrogen and oxygen atoms in total. The third-order valence-corrected chi connectivity index (χ3v) is 3.81. The number of aromatic nitrogens is 3. The average Bonchev–Trinajstić information content (AvgIpc) is 2.63. The minimum Gasteiger partial charge on any atom is -0.352 e. The molecule has 1 aliphatic rings. The maximum Gasteiger partial charge on any atom is 0.277 e. The summed E-state index contributed by atoms with van der Waals surface area (Å²) in [4.78, 5) is 40.0. The first-order valence-electron chi connectivity index (χ1n) is 7.68. The Balaban J connectivity index is 1.68. The van der Waals surface area contributed by atoms with E-state index in [1.54, 1.807) is 42.4 Å². The molecular weight excluding hydrogens is 308 g/mol. The van der Waals surface area contributed by atoms with Gasteiger partial charge in [-0.25, -0.2) is 9.97 Å². The van der Waals surface area contributed by atoms with E-state index in [4.69, 9.17) is 0 Å². The van der Waals surface area contributed by atoms with Crippen molar-refractivity contribution in [3.8, 4) is 0 Å². The van der Waals surface area contributed by atoms with Gasteiger partial charge in [-0.05, 0) is 12.1 Å². The van der Waals surface area contributed by atoms with Gasteiger partial charge < -0.3 is 15.1 Å². The number of carbonyl (C=O) groups excluding carboxylic acids is 2. The first-order valence-corrected chi connectivity index (χ1v) is 7.68. The Hall–Kier alpha value is -3.03. The monoisotopic (exact) mass is 326 g/mol. The van der Waals surface area contributed by atoms with Crippen molar-refractivity contribution in [2.24, 2.45) is 0 Å². The summed E-state index contributed by atoms with van der Waals surface area (Å²) in [5, 5.41) is 2.69. The maximum absolute atomic E-state index is 12.3. The Morgan fingerprint density at radius 3 is 2.58 bits per heavy atom. The zero-order valence-corrected chi connectivity index (χ0v) is 13.3. The lowest BCUT2D eigenvalue weighted by Gasteiger charge is -2.34. The molecule has 0 aromatic carbocycles. The van der Waals surface area contributed by atoms with Gasteiger partial charge in [0, 0.05) is 39.3 Å². The third-order valence-electron chi connectivity index (χ3n) is 3.81. The normalized spacial score (nSPS) is 14.4. The van der Waals surface area contributed by atoms with E-state index < -0.39 is 0 Å². The van der Waals surface area contributed by atoms with Crippen molar-refractivity contribution in [2.75, 3.05) is 36.4 Å². The highest BCUT2D eigenvalue weighted by molar-refractivity contribution is 6.02. The second kappa shape index (κ2) is 7.03. The third kappa shape index (κ3) is 3.65. The summed E-state index contributed by atoms with van der Waals surface area (Å²) in [6.45, 7) is 4.18. The molecule has 124 valence electrons. The molecule has 2 aromatic heterocycles. The molecule has 3 rings (SSSR count). The minimum atomic E-state index is -0.356. The average molecular weight is 326 g/mol. The van der Waals surface area contributed by atoms with Crippen LogP contribution in [-0.4, -0.2) is 57.8 Å². The number of anilines is 2. The highest BCUT2D eigenvalue weighted by Crippen LogP contribution is 2.14. The van der Waals surface area contributed by atoms with Gasteiger partial charge in [-0.15, -0.1) is 0 Å². The lowest BCUT2D eigenvalue weighted by Crippen LogP contribution is -2.48. The Labute approximate surface area is 139 Å². The number of amides is 2. The molecule has 0 spiro atoms. The van der Waals surface area contributed by atoms with E-state index >= 15 is 0 Å². The van der Waals surface area contributed by atoms with E-state index in [1.807, 2.05) is 4.90 Å².